The van der Waals surface area contributed by atoms with Gasteiger partial charge in [-0.05, 0) is 60.2 Å². The smallest absolute Gasteiger partial charge is 0.0281 e. The van der Waals surface area contributed by atoms with Gasteiger partial charge in [0.1, 0.15) is 0 Å². The molecule has 3 rings (SSSR count). The molecule has 0 aromatic heterocycles. The second-order valence-electron chi connectivity index (χ2n) is 5.36. The van der Waals surface area contributed by atoms with E-state index >= 15 is 0 Å². The van der Waals surface area contributed by atoms with Crippen LogP contribution in [0.1, 0.15) is 39.3 Å². The van der Waals surface area contributed by atoms with E-state index in [1.54, 1.807) is 0 Å². The standard InChI is InChI=1S/C18H17Br/c1-11-5-4-6-15(13(11)3)16-8-7-14-10-18(19)12(2)9-17(14)16/h4-10,16H,1-3H3. The second kappa shape index (κ2) is 4.64. The largest absolute Gasteiger partial charge is 0.0720 e. The molecule has 1 unspecified atom stereocenters. The van der Waals surface area contributed by atoms with Crippen molar-refractivity contribution in [2.45, 2.75) is 26.7 Å². The lowest BCUT2D eigenvalue weighted by Crippen LogP contribution is -2.00. The van der Waals surface area contributed by atoms with Crippen molar-refractivity contribution in [3.63, 3.8) is 0 Å². The van der Waals surface area contributed by atoms with E-state index in [1.165, 1.54) is 37.9 Å². The summed E-state index contributed by atoms with van der Waals surface area (Å²) >= 11 is 3.62. The molecule has 1 atom stereocenters. The molecule has 1 aliphatic carbocycles. The van der Waals surface area contributed by atoms with E-state index in [1.807, 2.05) is 0 Å². The van der Waals surface area contributed by atoms with E-state index in [2.05, 4.69) is 79.2 Å². The van der Waals surface area contributed by atoms with Gasteiger partial charge in [-0.3, -0.25) is 0 Å². The molecule has 96 valence electrons. The van der Waals surface area contributed by atoms with Crippen molar-refractivity contribution < 1.29 is 0 Å². The molecule has 0 nitrogen and oxygen atoms in total. The molecule has 0 aliphatic heterocycles. The maximum Gasteiger partial charge on any atom is 0.0281 e. The summed E-state index contributed by atoms with van der Waals surface area (Å²) < 4.78 is 1.19. The highest BCUT2D eigenvalue weighted by atomic mass is 79.9. The molecule has 0 spiro atoms. The Balaban J connectivity index is 2.15. The third-order valence-corrected chi connectivity index (χ3v) is 5.00. The summed E-state index contributed by atoms with van der Waals surface area (Å²) in [7, 11) is 0. The number of fused-ring (bicyclic) bond motifs is 1. The minimum Gasteiger partial charge on any atom is -0.0720 e. The molecule has 2 aromatic carbocycles. The number of benzene rings is 2. The predicted molar refractivity (Wildman–Crippen MR) is 85.7 cm³/mol. The van der Waals surface area contributed by atoms with Crippen LogP contribution < -0.4 is 0 Å². The first-order valence-electron chi connectivity index (χ1n) is 6.62. The van der Waals surface area contributed by atoms with Gasteiger partial charge in [-0.2, -0.15) is 0 Å². The number of halogens is 1. The fourth-order valence-electron chi connectivity index (χ4n) is 2.82. The van der Waals surface area contributed by atoms with Gasteiger partial charge in [-0.1, -0.05) is 52.3 Å². The van der Waals surface area contributed by atoms with E-state index in [4.69, 9.17) is 0 Å². The van der Waals surface area contributed by atoms with Gasteiger partial charge >= 0.3 is 0 Å². The number of hydrogen-bond donors (Lipinski definition) is 0. The van der Waals surface area contributed by atoms with Crippen LogP contribution in [0, 0.1) is 20.8 Å². The maximum atomic E-state index is 3.62. The van der Waals surface area contributed by atoms with Crippen LogP contribution in [-0.2, 0) is 0 Å². The summed E-state index contributed by atoms with van der Waals surface area (Å²) in [6, 6.07) is 11.1. The Morgan fingerprint density at radius 2 is 1.74 bits per heavy atom. The average molecular weight is 313 g/mol. The van der Waals surface area contributed by atoms with E-state index in [0.717, 1.165) is 0 Å². The van der Waals surface area contributed by atoms with Crippen LogP contribution in [0.5, 0.6) is 0 Å². The summed E-state index contributed by atoms with van der Waals surface area (Å²) in [5.74, 6) is 0.404. The van der Waals surface area contributed by atoms with Crippen LogP contribution in [0.15, 0.2) is 40.9 Å². The van der Waals surface area contributed by atoms with Gasteiger partial charge in [0, 0.05) is 10.4 Å². The summed E-state index contributed by atoms with van der Waals surface area (Å²) in [6.45, 7) is 6.57. The Kier molecular flexibility index (Phi) is 3.10. The van der Waals surface area contributed by atoms with Gasteiger partial charge in [-0.15, -0.1) is 0 Å². The SMILES string of the molecule is Cc1cc2c(cc1Br)C=CC2c1cccc(C)c1C. The van der Waals surface area contributed by atoms with Crippen molar-refractivity contribution in [3.8, 4) is 0 Å². The lowest BCUT2D eigenvalue weighted by Gasteiger charge is -2.17. The molecule has 0 saturated heterocycles. The van der Waals surface area contributed by atoms with Crippen molar-refractivity contribution in [1.29, 1.82) is 0 Å². The Morgan fingerprint density at radius 1 is 0.947 bits per heavy atom. The summed E-state index contributed by atoms with van der Waals surface area (Å²) in [5, 5.41) is 0. The molecule has 1 aliphatic rings. The minimum absolute atomic E-state index is 0.404. The molecule has 0 radical (unpaired) electrons. The minimum atomic E-state index is 0.404. The van der Waals surface area contributed by atoms with Crippen molar-refractivity contribution in [2.24, 2.45) is 0 Å². The van der Waals surface area contributed by atoms with Crippen LogP contribution in [-0.4, -0.2) is 0 Å². The molecule has 0 fully saturated rings. The van der Waals surface area contributed by atoms with Gasteiger partial charge in [0.15, 0.2) is 0 Å². The van der Waals surface area contributed by atoms with Gasteiger partial charge in [0.05, 0.1) is 0 Å². The normalized spacial score (nSPS) is 16.7. The van der Waals surface area contributed by atoms with E-state index < -0.39 is 0 Å². The number of allylic oxidation sites excluding steroid dienone is 1. The Morgan fingerprint density at radius 3 is 2.53 bits per heavy atom. The summed E-state index contributed by atoms with van der Waals surface area (Å²) in [4.78, 5) is 0. The van der Waals surface area contributed by atoms with Crippen LogP contribution in [0.4, 0.5) is 0 Å². The van der Waals surface area contributed by atoms with Crippen molar-refractivity contribution in [1.82, 2.24) is 0 Å². The van der Waals surface area contributed by atoms with Gasteiger partial charge < -0.3 is 0 Å². The topological polar surface area (TPSA) is 0 Å². The van der Waals surface area contributed by atoms with Crippen molar-refractivity contribution in [2.75, 3.05) is 0 Å². The van der Waals surface area contributed by atoms with Crippen LogP contribution >= 0.6 is 15.9 Å². The van der Waals surface area contributed by atoms with Crippen LogP contribution in [0.2, 0.25) is 0 Å². The molecule has 1 heteroatoms. The van der Waals surface area contributed by atoms with Crippen LogP contribution in [0.3, 0.4) is 0 Å². The summed E-state index contributed by atoms with van der Waals surface area (Å²) in [5.41, 5.74) is 8.27. The van der Waals surface area contributed by atoms with E-state index in [-0.39, 0.29) is 0 Å². The third kappa shape index (κ3) is 2.06. The average Bonchev–Trinajstić information content (AvgIpc) is 2.76. The third-order valence-electron chi connectivity index (χ3n) is 4.15. The molecular weight excluding hydrogens is 296 g/mol. The fraction of sp³-hybridized carbons (Fsp3) is 0.222. The monoisotopic (exact) mass is 312 g/mol. The molecule has 19 heavy (non-hydrogen) atoms. The van der Waals surface area contributed by atoms with Crippen molar-refractivity contribution >= 4 is 22.0 Å². The zero-order chi connectivity index (χ0) is 13.6. The highest BCUT2D eigenvalue weighted by Crippen LogP contribution is 2.39. The quantitative estimate of drug-likeness (QED) is 0.649. The van der Waals surface area contributed by atoms with Crippen molar-refractivity contribution in [3.05, 3.63) is 74.3 Å². The molecule has 2 aromatic rings. The van der Waals surface area contributed by atoms with E-state index in [0.29, 0.717) is 5.92 Å². The molecule has 0 heterocycles. The molecule has 0 amide bonds. The lowest BCUT2D eigenvalue weighted by molar-refractivity contribution is 1.02. The fourth-order valence-corrected chi connectivity index (χ4v) is 3.18. The predicted octanol–water partition coefficient (Wildman–Crippen LogP) is 5.53. The first kappa shape index (κ1) is 12.7. The molecule has 0 N–H and O–H groups in total. The zero-order valence-electron chi connectivity index (χ0n) is 11.5. The lowest BCUT2D eigenvalue weighted by atomic mass is 9.88. The van der Waals surface area contributed by atoms with Gasteiger partial charge in [0.2, 0.25) is 0 Å². The molecular formula is C18H17Br. The highest BCUT2D eigenvalue weighted by molar-refractivity contribution is 9.10. The zero-order valence-corrected chi connectivity index (χ0v) is 13.1. The van der Waals surface area contributed by atoms with E-state index in [9.17, 15) is 0 Å². The highest BCUT2D eigenvalue weighted by Gasteiger charge is 2.21. The molecule has 0 saturated carbocycles. The first-order valence-corrected chi connectivity index (χ1v) is 7.41. The Labute approximate surface area is 123 Å². The number of rotatable bonds is 1. The Hall–Kier alpha value is -1.34. The number of hydrogen-bond acceptors (Lipinski definition) is 0. The van der Waals surface area contributed by atoms with Gasteiger partial charge in [-0.25, -0.2) is 0 Å². The molecule has 0 bridgehead atoms. The van der Waals surface area contributed by atoms with Crippen LogP contribution in [0.25, 0.3) is 6.08 Å². The number of aryl methyl sites for hydroxylation is 2. The second-order valence-corrected chi connectivity index (χ2v) is 6.21. The Bertz CT molecular complexity index is 680. The first-order chi connectivity index (χ1) is 9.08. The maximum absolute atomic E-state index is 3.62. The van der Waals surface area contributed by atoms with Gasteiger partial charge in [0.25, 0.3) is 0 Å². The summed E-state index contributed by atoms with van der Waals surface area (Å²) in [6.07, 6.45) is 4.56.